The van der Waals surface area contributed by atoms with Gasteiger partial charge >= 0.3 is 0 Å². The predicted octanol–water partition coefficient (Wildman–Crippen LogP) is 3.13. The molecular weight excluding hydrogens is 204 g/mol. The molecule has 0 amide bonds. The van der Waals surface area contributed by atoms with Crippen molar-refractivity contribution >= 4 is 0 Å². The average Bonchev–Trinajstić information content (AvgIpc) is 2.35. The van der Waals surface area contributed by atoms with Crippen LogP contribution >= 0.6 is 0 Å². The van der Waals surface area contributed by atoms with Crippen molar-refractivity contribution in [2.75, 3.05) is 0 Å². The van der Waals surface area contributed by atoms with Crippen molar-refractivity contribution in [2.45, 2.75) is 0 Å². The Morgan fingerprint density at radius 1 is 0.294 bits per heavy atom. The van der Waals surface area contributed by atoms with Gasteiger partial charge in [0.1, 0.15) is 0 Å². The molecule has 0 spiro atoms. The highest BCUT2D eigenvalue weighted by atomic mass is 13.4. The summed E-state index contributed by atoms with van der Waals surface area (Å²) >= 11 is 0. The molecule has 0 aliphatic rings. The second-order valence-corrected chi connectivity index (χ2v) is 1.98. The molecule has 0 rings (SSSR count). The minimum Gasteiger partial charge on any atom is -0.0687 e. The molecule has 0 fully saturated rings. The fourth-order valence-corrected chi connectivity index (χ4v) is 0.432. The first-order valence-corrected chi connectivity index (χ1v) is 4.21. The maximum atomic E-state index is 3.29. The summed E-state index contributed by atoms with van der Waals surface area (Å²) in [7, 11) is 0. The molecule has 0 aromatic carbocycles. The zero-order chi connectivity index (χ0) is 12.6. The van der Waals surface area contributed by atoms with E-state index in [1.54, 1.807) is 0 Å². The molecule has 0 saturated carbocycles. The third-order valence-corrected chi connectivity index (χ3v) is 0.927. The van der Waals surface area contributed by atoms with Gasteiger partial charge in [-0.25, -0.2) is 0 Å². The van der Waals surface area contributed by atoms with E-state index >= 15 is 0 Å². The standard InChI is InChI=1S/C17H4/c1-3-5-7-9-11-13-15-17-16-14-12-10-8-6-4-2/h1-2H2. The Kier molecular flexibility index (Phi) is 9.83. The predicted molar refractivity (Wildman–Crippen MR) is 63.9 cm³/mol. The van der Waals surface area contributed by atoms with E-state index in [0.717, 1.165) is 0 Å². The first-order chi connectivity index (χ1) is 8.41. The molecular formula is C17H4. The second kappa shape index (κ2) is 12.4. The molecule has 0 N–H and O–H groups in total. The van der Waals surface area contributed by atoms with E-state index in [1.807, 2.05) is 0 Å². The molecule has 0 atom stereocenters. The third-order valence-electron chi connectivity index (χ3n) is 0.927. The van der Waals surface area contributed by atoms with E-state index in [9.17, 15) is 0 Å². The minimum absolute atomic E-state index is 2.37. The van der Waals surface area contributed by atoms with Crippen molar-refractivity contribution < 1.29 is 0 Å². The highest BCUT2D eigenvalue weighted by molar-refractivity contribution is 4.92. The van der Waals surface area contributed by atoms with Crippen molar-refractivity contribution in [2.24, 2.45) is 0 Å². The molecule has 0 aromatic heterocycles. The Bertz CT molecular complexity index is 758. The minimum atomic E-state index is 2.37. The van der Waals surface area contributed by atoms with Gasteiger partial charge in [-0.3, -0.25) is 0 Å². The number of rotatable bonds is 0. The van der Waals surface area contributed by atoms with Crippen LogP contribution < -0.4 is 0 Å². The normalized spacial score (nSPS) is 3.76. The average molecular weight is 208 g/mol. The van der Waals surface area contributed by atoms with E-state index in [-0.39, 0.29) is 0 Å². The molecule has 0 heteroatoms. The summed E-state index contributed by atoms with van der Waals surface area (Å²) in [6.07, 6.45) is 0. The van der Waals surface area contributed by atoms with Gasteiger partial charge in [0.15, 0.2) is 0 Å². The maximum Gasteiger partial charge on any atom is -0.0000000000000327 e. The SMILES string of the molecule is C=C=C=C=C=C=C=C=C=C=C=C=C=C=C=C=C. The summed E-state index contributed by atoms with van der Waals surface area (Å²) < 4.78 is 0. The Morgan fingerprint density at radius 3 is 0.647 bits per heavy atom. The van der Waals surface area contributed by atoms with Gasteiger partial charge in [0.05, 0.1) is 0 Å². The van der Waals surface area contributed by atoms with Gasteiger partial charge in [-0.15, -0.1) is 0 Å². The number of hydrogen-bond donors (Lipinski definition) is 0. The van der Waals surface area contributed by atoms with E-state index in [0.29, 0.717) is 0 Å². The van der Waals surface area contributed by atoms with Gasteiger partial charge in [0, 0.05) is 0 Å². The molecule has 0 radical (unpaired) electrons. The Morgan fingerprint density at radius 2 is 0.471 bits per heavy atom. The summed E-state index contributed by atoms with van der Waals surface area (Å²) in [4.78, 5) is 0. The van der Waals surface area contributed by atoms with Crippen LogP contribution in [0, 0.1) is 0 Å². The van der Waals surface area contributed by atoms with E-state index < -0.39 is 0 Å². The van der Waals surface area contributed by atoms with Crippen LogP contribution in [0.15, 0.2) is 99.1 Å². The van der Waals surface area contributed by atoms with Gasteiger partial charge in [0.25, 0.3) is 0 Å². The lowest BCUT2D eigenvalue weighted by atomic mass is 10.6. The van der Waals surface area contributed by atoms with Gasteiger partial charge < -0.3 is 0 Å². The van der Waals surface area contributed by atoms with Crippen LogP contribution in [0.4, 0.5) is 0 Å². The lowest BCUT2D eigenvalue weighted by Crippen LogP contribution is -1.24. The fourth-order valence-electron chi connectivity index (χ4n) is 0.432. The van der Waals surface area contributed by atoms with E-state index in [1.165, 1.54) is 0 Å². The van der Waals surface area contributed by atoms with Crippen molar-refractivity contribution in [3.63, 3.8) is 0 Å². The molecule has 0 aliphatic heterocycles. The summed E-state index contributed by atoms with van der Waals surface area (Å²) in [5, 5.41) is 0. The lowest BCUT2D eigenvalue weighted by molar-refractivity contribution is 2.12. The van der Waals surface area contributed by atoms with Gasteiger partial charge in [-0.2, -0.15) is 0 Å². The third kappa shape index (κ3) is 12.4. The van der Waals surface area contributed by atoms with Gasteiger partial charge in [-0.05, 0) is 87.7 Å². The largest absolute Gasteiger partial charge is 0.0687 e. The zero-order valence-electron chi connectivity index (χ0n) is 8.91. The summed E-state index contributed by atoms with van der Waals surface area (Å²) in [5.41, 5.74) is 36.9. The molecule has 0 unspecified atom stereocenters. The molecule has 0 saturated heterocycles. The Hall–Kier alpha value is -3.56. The Labute approximate surface area is 99.5 Å². The smallest absolute Gasteiger partial charge is 0.0000000000000327 e. The van der Waals surface area contributed by atoms with Crippen molar-refractivity contribution in [3.8, 4) is 0 Å². The molecule has 72 valence electrons. The molecule has 0 nitrogen and oxygen atoms in total. The molecule has 0 aromatic rings. The van der Waals surface area contributed by atoms with Crippen LogP contribution in [-0.4, -0.2) is 0 Å². The topological polar surface area (TPSA) is 0 Å². The second-order valence-electron chi connectivity index (χ2n) is 1.98. The number of hydrogen-bond acceptors (Lipinski definition) is 0. The highest BCUT2D eigenvalue weighted by Gasteiger charge is 1.40. The molecule has 17 heavy (non-hydrogen) atoms. The maximum absolute atomic E-state index is 3.29. The lowest BCUT2D eigenvalue weighted by Gasteiger charge is -1.39. The van der Waals surface area contributed by atoms with Crippen molar-refractivity contribution in [1.29, 1.82) is 0 Å². The van der Waals surface area contributed by atoms with Crippen molar-refractivity contribution in [1.82, 2.24) is 0 Å². The fraction of sp³-hybridized carbons (Fsp3) is 0. The zero-order valence-corrected chi connectivity index (χ0v) is 8.91. The van der Waals surface area contributed by atoms with Crippen molar-refractivity contribution in [3.05, 3.63) is 99.1 Å². The van der Waals surface area contributed by atoms with Gasteiger partial charge in [-0.1, -0.05) is 11.5 Å². The quantitative estimate of drug-likeness (QED) is 0.536. The summed E-state index contributed by atoms with van der Waals surface area (Å²) in [6.45, 7) is 6.58. The Balaban J connectivity index is 5.69. The van der Waals surface area contributed by atoms with Gasteiger partial charge in [0.2, 0.25) is 0 Å². The van der Waals surface area contributed by atoms with Crippen LogP contribution in [0.3, 0.4) is 0 Å². The summed E-state index contributed by atoms with van der Waals surface area (Å²) in [5.74, 6) is 0. The molecule has 0 aliphatic carbocycles. The van der Waals surface area contributed by atoms with Crippen LogP contribution in [0.2, 0.25) is 0 Å². The highest BCUT2D eigenvalue weighted by Crippen LogP contribution is 1.56. The van der Waals surface area contributed by atoms with E-state index in [2.05, 4.69) is 99.1 Å². The molecule has 0 heterocycles. The first-order valence-electron chi connectivity index (χ1n) is 4.21. The van der Waals surface area contributed by atoms with Crippen LogP contribution in [-0.2, 0) is 0 Å². The van der Waals surface area contributed by atoms with E-state index in [4.69, 9.17) is 0 Å². The summed E-state index contributed by atoms with van der Waals surface area (Å²) in [6, 6.07) is 0. The van der Waals surface area contributed by atoms with Crippen LogP contribution in [0.5, 0.6) is 0 Å². The van der Waals surface area contributed by atoms with Crippen LogP contribution in [0.1, 0.15) is 0 Å². The molecule has 0 bridgehead atoms. The first kappa shape index (κ1) is 13.4. The monoisotopic (exact) mass is 208 g/mol. The van der Waals surface area contributed by atoms with Crippen LogP contribution in [0.25, 0.3) is 0 Å².